The Morgan fingerprint density at radius 1 is 1.36 bits per heavy atom. The number of benzene rings is 1. The molecule has 1 aliphatic heterocycles. The number of rotatable bonds is 4. The first kappa shape index (κ1) is 15.1. The highest BCUT2D eigenvalue weighted by Crippen LogP contribution is 2.23. The van der Waals surface area contributed by atoms with Gasteiger partial charge in [-0.15, -0.1) is 0 Å². The smallest absolute Gasteiger partial charge is 0.253 e. The van der Waals surface area contributed by atoms with Crippen LogP contribution in [0.1, 0.15) is 21.7 Å². The summed E-state index contributed by atoms with van der Waals surface area (Å²) in [6.45, 7) is 6.67. The Bertz CT molecular complexity index is 704. The van der Waals surface area contributed by atoms with Crippen LogP contribution in [0, 0.1) is 19.8 Å². The minimum atomic E-state index is -0.00622. The van der Waals surface area contributed by atoms with E-state index in [2.05, 4.69) is 15.2 Å². The molecule has 0 atom stereocenters. The molecular weight excluding hydrogens is 298 g/mol. The Labute approximate surface area is 135 Å². The molecule has 1 aromatic heterocycles. The molecule has 0 spiro atoms. The Morgan fingerprint density at radius 3 is 2.77 bits per heavy atom. The highest BCUT2D eigenvalue weighted by atomic mass is 35.5. The van der Waals surface area contributed by atoms with E-state index in [-0.39, 0.29) is 5.91 Å². The second-order valence-corrected chi connectivity index (χ2v) is 6.27. The van der Waals surface area contributed by atoms with Crippen molar-refractivity contribution in [2.24, 2.45) is 5.92 Å². The van der Waals surface area contributed by atoms with Crippen LogP contribution in [0.3, 0.4) is 0 Å². The number of hydrogen-bond acceptors (Lipinski definition) is 2. The van der Waals surface area contributed by atoms with Crippen molar-refractivity contribution in [3.8, 4) is 5.69 Å². The average Bonchev–Trinajstić information content (AvgIpc) is 2.72. The van der Waals surface area contributed by atoms with Gasteiger partial charge in [-0.3, -0.25) is 4.79 Å². The summed E-state index contributed by atoms with van der Waals surface area (Å²) in [7, 11) is 0. The molecule has 2 N–H and O–H groups in total. The predicted molar refractivity (Wildman–Crippen MR) is 88.9 cm³/mol. The zero-order valence-corrected chi connectivity index (χ0v) is 13.6. The standard InChI is InChI=1S/C17H20ClN3O/c1-11-6-16(17(22)20-10-13-8-19-9-13)12(2)21(11)15-5-3-4-14(18)7-15/h3-7,13,19H,8-10H2,1-2H3,(H,20,22). The quantitative estimate of drug-likeness (QED) is 0.910. The molecule has 0 saturated carbocycles. The number of carbonyl (C=O) groups is 1. The lowest BCUT2D eigenvalue weighted by Gasteiger charge is -2.27. The molecule has 5 heteroatoms. The average molecular weight is 318 g/mol. The molecule has 1 aromatic carbocycles. The number of nitrogens with zero attached hydrogens (tertiary/aromatic N) is 1. The normalized spacial score (nSPS) is 14.7. The minimum absolute atomic E-state index is 0.00622. The summed E-state index contributed by atoms with van der Waals surface area (Å²) in [5.41, 5.74) is 3.66. The summed E-state index contributed by atoms with van der Waals surface area (Å²) in [5, 5.41) is 6.92. The monoisotopic (exact) mass is 317 g/mol. The van der Waals surface area contributed by atoms with Gasteiger partial charge >= 0.3 is 0 Å². The van der Waals surface area contributed by atoms with Crippen molar-refractivity contribution in [3.05, 3.63) is 52.3 Å². The van der Waals surface area contributed by atoms with E-state index in [1.165, 1.54) is 0 Å². The van der Waals surface area contributed by atoms with E-state index in [1.54, 1.807) is 0 Å². The fourth-order valence-corrected chi connectivity index (χ4v) is 3.01. The first-order valence-electron chi connectivity index (χ1n) is 7.50. The molecule has 22 heavy (non-hydrogen) atoms. The van der Waals surface area contributed by atoms with Crippen LogP contribution in [0.2, 0.25) is 5.02 Å². The SMILES string of the molecule is Cc1cc(C(=O)NCC2CNC2)c(C)n1-c1cccc(Cl)c1. The molecule has 1 fully saturated rings. The summed E-state index contributed by atoms with van der Waals surface area (Å²) < 4.78 is 2.06. The van der Waals surface area contributed by atoms with Gasteiger partial charge in [-0.2, -0.15) is 0 Å². The lowest BCUT2D eigenvalue weighted by atomic mass is 10.0. The zero-order valence-electron chi connectivity index (χ0n) is 12.8. The topological polar surface area (TPSA) is 46.1 Å². The summed E-state index contributed by atoms with van der Waals surface area (Å²) in [6.07, 6.45) is 0. The van der Waals surface area contributed by atoms with Gasteiger partial charge in [0.2, 0.25) is 0 Å². The third kappa shape index (κ3) is 2.89. The molecule has 2 aromatic rings. The molecular formula is C17H20ClN3O. The van der Waals surface area contributed by atoms with Gasteiger partial charge < -0.3 is 15.2 Å². The van der Waals surface area contributed by atoms with Crippen LogP contribution >= 0.6 is 11.6 Å². The van der Waals surface area contributed by atoms with Gasteiger partial charge in [0.1, 0.15) is 0 Å². The molecule has 1 saturated heterocycles. The minimum Gasteiger partial charge on any atom is -0.352 e. The lowest BCUT2D eigenvalue weighted by molar-refractivity contribution is 0.0941. The van der Waals surface area contributed by atoms with Crippen LogP contribution < -0.4 is 10.6 Å². The summed E-state index contributed by atoms with van der Waals surface area (Å²) in [6, 6.07) is 9.60. The molecule has 1 amide bonds. The number of amides is 1. The molecule has 0 unspecified atom stereocenters. The van der Waals surface area contributed by atoms with Gasteiger partial charge in [0, 0.05) is 47.7 Å². The number of halogens is 1. The van der Waals surface area contributed by atoms with Crippen LogP contribution in [0.15, 0.2) is 30.3 Å². The Hall–Kier alpha value is -1.78. The number of aryl methyl sites for hydroxylation is 1. The first-order valence-corrected chi connectivity index (χ1v) is 7.88. The molecule has 4 nitrogen and oxygen atoms in total. The largest absolute Gasteiger partial charge is 0.352 e. The number of aromatic nitrogens is 1. The highest BCUT2D eigenvalue weighted by Gasteiger charge is 2.20. The molecule has 2 heterocycles. The Morgan fingerprint density at radius 2 is 2.14 bits per heavy atom. The maximum absolute atomic E-state index is 12.4. The second-order valence-electron chi connectivity index (χ2n) is 5.83. The third-order valence-electron chi connectivity index (χ3n) is 4.16. The summed E-state index contributed by atoms with van der Waals surface area (Å²) in [4.78, 5) is 12.4. The fraction of sp³-hybridized carbons (Fsp3) is 0.353. The number of hydrogen-bond donors (Lipinski definition) is 2. The third-order valence-corrected chi connectivity index (χ3v) is 4.39. The van der Waals surface area contributed by atoms with E-state index in [9.17, 15) is 4.79 Å². The first-order chi connectivity index (χ1) is 10.6. The molecule has 3 rings (SSSR count). The van der Waals surface area contributed by atoms with Crippen molar-refractivity contribution in [2.75, 3.05) is 19.6 Å². The van der Waals surface area contributed by atoms with Crippen LogP contribution in [0.4, 0.5) is 0 Å². The highest BCUT2D eigenvalue weighted by molar-refractivity contribution is 6.30. The van der Waals surface area contributed by atoms with Crippen molar-refractivity contribution in [1.29, 1.82) is 0 Å². The zero-order chi connectivity index (χ0) is 15.7. The fourth-order valence-electron chi connectivity index (χ4n) is 2.83. The van der Waals surface area contributed by atoms with Crippen molar-refractivity contribution in [2.45, 2.75) is 13.8 Å². The predicted octanol–water partition coefficient (Wildman–Crippen LogP) is 2.70. The van der Waals surface area contributed by atoms with E-state index >= 15 is 0 Å². The molecule has 0 bridgehead atoms. The van der Waals surface area contributed by atoms with Crippen molar-refractivity contribution in [3.63, 3.8) is 0 Å². The van der Waals surface area contributed by atoms with E-state index in [0.717, 1.165) is 42.3 Å². The van der Waals surface area contributed by atoms with E-state index in [1.807, 2.05) is 44.2 Å². The number of nitrogens with one attached hydrogen (secondary N) is 2. The van der Waals surface area contributed by atoms with Crippen molar-refractivity contribution < 1.29 is 4.79 Å². The van der Waals surface area contributed by atoms with Gasteiger partial charge in [-0.05, 0) is 38.1 Å². The van der Waals surface area contributed by atoms with E-state index < -0.39 is 0 Å². The van der Waals surface area contributed by atoms with Gasteiger partial charge in [0.25, 0.3) is 5.91 Å². The van der Waals surface area contributed by atoms with Gasteiger partial charge in [-0.1, -0.05) is 17.7 Å². The summed E-state index contributed by atoms with van der Waals surface area (Å²) in [5.74, 6) is 0.550. The van der Waals surface area contributed by atoms with Crippen molar-refractivity contribution >= 4 is 17.5 Å². The van der Waals surface area contributed by atoms with Gasteiger partial charge in [0.15, 0.2) is 0 Å². The Balaban J connectivity index is 1.84. The molecule has 1 aliphatic rings. The molecule has 0 radical (unpaired) electrons. The lowest BCUT2D eigenvalue weighted by Crippen LogP contribution is -2.48. The van der Waals surface area contributed by atoms with E-state index in [4.69, 9.17) is 11.6 Å². The van der Waals surface area contributed by atoms with Gasteiger partial charge in [0.05, 0.1) is 5.56 Å². The Kier molecular flexibility index (Phi) is 4.23. The van der Waals surface area contributed by atoms with Crippen molar-refractivity contribution in [1.82, 2.24) is 15.2 Å². The van der Waals surface area contributed by atoms with Crippen LogP contribution in [-0.4, -0.2) is 30.1 Å². The van der Waals surface area contributed by atoms with Crippen LogP contribution in [0.5, 0.6) is 0 Å². The molecule has 0 aliphatic carbocycles. The summed E-state index contributed by atoms with van der Waals surface area (Å²) >= 11 is 6.08. The van der Waals surface area contributed by atoms with Crippen LogP contribution in [-0.2, 0) is 0 Å². The van der Waals surface area contributed by atoms with Gasteiger partial charge in [-0.25, -0.2) is 0 Å². The van der Waals surface area contributed by atoms with Crippen LogP contribution in [0.25, 0.3) is 5.69 Å². The molecule has 116 valence electrons. The second kappa shape index (κ2) is 6.15. The maximum Gasteiger partial charge on any atom is 0.253 e. The number of carbonyl (C=O) groups excluding carboxylic acids is 1. The maximum atomic E-state index is 12.4. The van der Waals surface area contributed by atoms with E-state index in [0.29, 0.717) is 10.9 Å².